The van der Waals surface area contributed by atoms with Gasteiger partial charge in [0.1, 0.15) is 0 Å². The fraction of sp³-hybridized carbons (Fsp3) is 0.333. The zero-order valence-electron chi connectivity index (χ0n) is 15.9. The lowest BCUT2D eigenvalue weighted by Crippen LogP contribution is -2.30. The van der Waals surface area contributed by atoms with Gasteiger partial charge in [0.25, 0.3) is 5.91 Å². The second-order valence-corrected chi connectivity index (χ2v) is 8.59. The number of ether oxygens (including phenoxy) is 1. The van der Waals surface area contributed by atoms with Crippen molar-refractivity contribution in [2.75, 3.05) is 18.9 Å². The summed E-state index contributed by atoms with van der Waals surface area (Å²) in [6, 6.07) is 16.4. The minimum Gasteiger partial charge on any atom is -0.456 e. The first-order chi connectivity index (χ1) is 13.4. The first-order valence-corrected chi connectivity index (χ1v) is 10.8. The first kappa shape index (κ1) is 21.6. The van der Waals surface area contributed by atoms with E-state index in [1.807, 2.05) is 37.3 Å². The summed E-state index contributed by atoms with van der Waals surface area (Å²) in [7, 11) is -3.56. The Morgan fingerprint density at radius 1 is 1.00 bits per heavy atom. The third-order valence-corrected chi connectivity index (χ3v) is 5.86. The van der Waals surface area contributed by atoms with E-state index in [4.69, 9.17) is 4.74 Å². The third kappa shape index (κ3) is 7.52. The van der Waals surface area contributed by atoms with Crippen LogP contribution in [0.4, 0.5) is 0 Å². The Labute approximate surface area is 165 Å². The normalized spacial score (nSPS) is 11.0. The molecule has 0 atom stereocenters. The van der Waals surface area contributed by atoms with Crippen LogP contribution >= 0.6 is 0 Å². The quantitative estimate of drug-likeness (QED) is 0.486. The van der Waals surface area contributed by atoms with Crippen molar-refractivity contribution >= 4 is 21.7 Å². The number of sulfone groups is 1. The molecule has 0 bridgehead atoms. The van der Waals surface area contributed by atoms with Gasteiger partial charge in [0.05, 0.1) is 17.1 Å². The average Bonchev–Trinajstić information content (AvgIpc) is 2.69. The van der Waals surface area contributed by atoms with Crippen LogP contribution in [-0.2, 0) is 30.6 Å². The Morgan fingerprint density at radius 3 is 2.36 bits per heavy atom. The minimum atomic E-state index is -3.56. The number of benzene rings is 2. The van der Waals surface area contributed by atoms with Gasteiger partial charge in [-0.2, -0.15) is 0 Å². The van der Waals surface area contributed by atoms with Crippen LogP contribution in [0.5, 0.6) is 0 Å². The molecule has 0 aliphatic rings. The van der Waals surface area contributed by atoms with Gasteiger partial charge in [0.2, 0.25) is 0 Å². The van der Waals surface area contributed by atoms with Crippen molar-refractivity contribution in [3.63, 3.8) is 0 Å². The van der Waals surface area contributed by atoms with Crippen molar-refractivity contribution < 1.29 is 22.7 Å². The average molecular weight is 404 g/mol. The van der Waals surface area contributed by atoms with Gasteiger partial charge in [-0.3, -0.25) is 9.59 Å². The maximum absolute atomic E-state index is 12.2. The van der Waals surface area contributed by atoms with Crippen LogP contribution in [-0.4, -0.2) is 39.2 Å². The largest absolute Gasteiger partial charge is 0.456 e. The minimum absolute atomic E-state index is 0.169. The van der Waals surface area contributed by atoms with E-state index in [2.05, 4.69) is 5.32 Å². The number of carbonyl (C=O) groups excluding carboxylic acids is 2. The molecule has 0 saturated carbocycles. The van der Waals surface area contributed by atoms with E-state index < -0.39 is 28.3 Å². The van der Waals surface area contributed by atoms with Gasteiger partial charge in [-0.15, -0.1) is 0 Å². The van der Waals surface area contributed by atoms with E-state index >= 15 is 0 Å². The number of carbonyl (C=O) groups is 2. The van der Waals surface area contributed by atoms with Crippen molar-refractivity contribution in [1.29, 1.82) is 0 Å². The second kappa shape index (κ2) is 10.6. The smallest absolute Gasteiger partial charge is 0.307 e. The van der Waals surface area contributed by atoms with Gasteiger partial charge in [-0.1, -0.05) is 48.0 Å². The van der Waals surface area contributed by atoms with Gasteiger partial charge in [0, 0.05) is 6.54 Å². The molecule has 0 unspecified atom stereocenters. The van der Waals surface area contributed by atoms with Gasteiger partial charge >= 0.3 is 5.97 Å². The number of rotatable bonds is 10. The highest BCUT2D eigenvalue weighted by atomic mass is 32.2. The van der Waals surface area contributed by atoms with Crippen LogP contribution in [0, 0.1) is 6.92 Å². The van der Waals surface area contributed by atoms with Gasteiger partial charge in [-0.05, 0) is 37.5 Å². The molecule has 0 aromatic heterocycles. The Kier molecular flexibility index (Phi) is 8.19. The fourth-order valence-electron chi connectivity index (χ4n) is 2.52. The van der Waals surface area contributed by atoms with Crippen LogP contribution in [0.15, 0.2) is 59.5 Å². The zero-order chi connectivity index (χ0) is 20.4. The molecule has 7 heteroatoms. The molecular weight excluding hydrogens is 378 g/mol. The molecule has 28 heavy (non-hydrogen) atoms. The Hall–Kier alpha value is -2.67. The molecule has 1 amide bonds. The van der Waals surface area contributed by atoms with E-state index in [1.165, 1.54) is 17.7 Å². The summed E-state index contributed by atoms with van der Waals surface area (Å²) in [6.07, 6.45) is 1.33. The highest BCUT2D eigenvalue weighted by Crippen LogP contribution is 2.13. The number of esters is 1. The molecule has 2 aromatic rings. The summed E-state index contributed by atoms with van der Waals surface area (Å²) in [5.74, 6) is -1.47. The molecule has 1 N–H and O–H groups in total. The first-order valence-electron chi connectivity index (χ1n) is 9.12. The third-order valence-electron chi connectivity index (χ3n) is 4.13. The Balaban J connectivity index is 1.63. The lowest BCUT2D eigenvalue weighted by molar-refractivity contribution is -0.148. The Bertz CT molecular complexity index is 877. The molecule has 2 aromatic carbocycles. The molecule has 0 saturated heterocycles. The lowest BCUT2D eigenvalue weighted by Gasteiger charge is -2.07. The summed E-state index contributed by atoms with van der Waals surface area (Å²) < 4.78 is 29.2. The summed E-state index contributed by atoms with van der Waals surface area (Å²) in [5, 5.41) is 2.68. The van der Waals surface area contributed by atoms with Gasteiger partial charge < -0.3 is 10.1 Å². The second-order valence-electron chi connectivity index (χ2n) is 6.48. The maximum atomic E-state index is 12.2. The van der Waals surface area contributed by atoms with E-state index in [0.717, 1.165) is 18.4 Å². The topological polar surface area (TPSA) is 89.5 Å². The van der Waals surface area contributed by atoms with E-state index in [9.17, 15) is 18.0 Å². The number of aryl methyl sites for hydroxylation is 2. The molecule has 0 aliphatic carbocycles. The molecule has 150 valence electrons. The van der Waals surface area contributed by atoms with Crippen LogP contribution < -0.4 is 5.32 Å². The molecule has 0 spiro atoms. The van der Waals surface area contributed by atoms with Crippen molar-refractivity contribution in [3.05, 3.63) is 65.7 Å². The zero-order valence-corrected chi connectivity index (χ0v) is 16.7. The number of nitrogens with one attached hydrogen (secondary N) is 1. The predicted octanol–water partition coefficient (Wildman–Crippen LogP) is 2.45. The van der Waals surface area contributed by atoms with Crippen molar-refractivity contribution in [3.8, 4) is 0 Å². The summed E-state index contributed by atoms with van der Waals surface area (Å²) in [4.78, 5) is 23.6. The number of hydrogen-bond acceptors (Lipinski definition) is 5. The standard InChI is InChI=1S/C21H25NO5S/c1-17-9-11-19(12-10-17)28(25,26)15-13-21(24)27-16-20(23)22-14-5-8-18-6-3-2-4-7-18/h2-4,6-7,9-12H,5,8,13-16H2,1H3,(H,22,23). The van der Waals surface area contributed by atoms with Crippen LogP contribution in [0.1, 0.15) is 24.0 Å². The van der Waals surface area contributed by atoms with Crippen LogP contribution in [0.2, 0.25) is 0 Å². The van der Waals surface area contributed by atoms with E-state index in [1.54, 1.807) is 12.1 Å². The summed E-state index contributed by atoms with van der Waals surface area (Å²) in [6.45, 7) is 1.93. The van der Waals surface area contributed by atoms with Gasteiger partial charge in [0.15, 0.2) is 16.4 Å². The molecular formula is C21H25NO5S. The molecule has 2 rings (SSSR count). The maximum Gasteiger partial charge on any atom is 0.307 e. The summed E-state index contributed by atoms with van der Waals surface area (Å²) in [5.41, 5.74) is 2.14. The van der Waals surface area contributed by atoms with Crippen molar-refractivity contribution in [2.45, 2.75) is 31.1 Å². The van der Waals surface area contributed by atoms with Crippen LogP contribution in [0.3, 0.4) is 0 Å². The van der Waals surface area contributed by atoms with E-state index in [0.29, 0.717) is 6.54 Å². The van der Waals surface area contributed by atoms with Gasteiger partial charge in [-0.25, -0.2) is 8.42 Å². The number of amides is 1. The summed E-state index contributed by atoms with van der Waals surface area (Å²) >= 11 is 0. The predicted molar refractivity (Wildman–Crippen MR) is 107 cm³/mol. The highest BCUT2D eigenvalue weighted by Gasteiger charge is 2.17. The Morgan fingerprint density at radius 2 is 1.68 bits per heavy atom. The SMILES string of the molecule is Cc1ccc(S(=O)(=O)CCC(=O)OCC(=O)NCCCc2ccccc2)cc1. The highest BCUT2D eigenvalue weighted by molar-refractivity contribution is 7.91. The fourth-order valence-corrected chi connectivity index (χ4v) is 3.74. The van der Waals surface area contributed by atoms with Crippen LogP contribution in [0.25, 0.3) is 0 Å². The molecule has 0 fully saturated rings. The van der Waals surface area contributed by atoms with Crippen molar-refractivity contribution in [2.24, 2.45) is 0 Å². The van der Waals surface area contributed by atoms with Crippen molar-refractivity contribution in [1.82, 2.24) is 5.32 Å². The van der Waals surface area contributed by atoms with E-state index in [-0.39, 0.29) is 17.1 Å². The monoisotopic (exact) mass is 403 g/mol. The molecule has 6 nitrogen and oxygen atoms in total. The lowest BCUT2D eigenvalue weighted by atomic mass is 10.1. The molecule has 0 heterocycles. The molecule has 0 radical (unpaired) electrons. The molecule has 0 aliphatic heterocycles. The number of hydrogen-bond donors (Lipinski definition) is 1.